The van der Waals surface area contributed by atoms with E-state index in [-0.39, 0.29) is 65.0 Å². The minimum atomic E-state index is -0.658. The lowest BCUT2D eigenvalue weighted by Crippen LogP contribution is -2.40. The van der Waals surface area contributed by atoms with Crippen LogP contribution in [0.5, 0.6) is 17.2 Å². The largest absolute Gasteiger partial charge is 0.494 e. The summed E-state index contributed by atoms with van der Waals surface area (Å²) in [6, 6.07) is 5.32. The van der Waals surface area contributed by atoms with Crippen molar-refractivity contribution in [2.45, 2.75) is 72.1 Å². The Morgan fingerprint density at radius 1 is 1.12 bits per heavy atom. The van der Waals surface area contributed by atoms with Crippen LogP contribution in [0.1, 0.15) is 80.9 Å². The summed E-state index contributed by atoms with van der Waals surface area (Å²) in [6.07, 6.45) is 1.86. The fraction of sp³-hybridized carbons (Fsp3) is 0.533. The van der Waals surface area contributed by atoms with Gasteiger partial charge in [-0.15, -0.1) is 17.0 Å². The van der Waals surface area contributed by atoms with Gasteiger partial charge < -0.3 is 29.1 Å². The molecule has 10 heteroatoms. The van der Waals surface area contributed by atoms with Crippen LogP contribution in [0.15, 0.2) is 18.2 Å². The Hall–Kier alpha value is -2.85. The third kappa shape index (κ3) is 6.07. The summed E-state index contributed by atoms with van der Waals surface area (Å²) >= 11 is 0. The third-order valence-electron chi connectivity index (χ3n) is 7.29. The molecule has 0 saturated carbocycles. The number of fused-ring (bicyclic) bond motifs is 1. The van der Waals surface area contributed by atoms with E-state index in [0.717, 1.165) is 18.4 Å². The van der Waals surface area contributed by atoms with Gasteiger partial charge in [0.15, 0.2) is 23.1 Å². The molecule has 1 saturated heterocycles. The molecule has 0 bridgehead atoms. The number of ether oxygens (including phenoxy) is 3. The van der Waals surface area contributed by atoms with E-state index in [1.807, 2.05) is 17.9 Å². The van der Waals surface area contributed by atoms with Gasteiger partial charge in [-0.2, -0.15) is 0 Å². The van der Waals surface area contributed by atoms with E-state index < -0.39 is 12.0 Å². The molecule has 8 nitrogen and oxygen atoms in total. The van der Waals surface area contributed by atoms with Crippen LogP contribution in [0.3, 0.4) is 0 Å². The lowest BCUT2D eigenvalue weighted by Gasteiger charge is -2.36. The monoisotopic (exact) mass is 621 g/mol. The predicted molar refractivity (Wildman–Crippen MR) is 160 cm³/mol. The second-order valence-corrected chi connectivity index (χ2v) is 11.0. The van der Waals surface area contributed by atoms with Crippen molar-refractivity contribution >= 4 is 34.3 Å². The summed E-state index contributed by atoms with van der Waals surface area (Å²) in [5.41, 5.74) is 2.40. The fourth-order valence-electron chi connectivity index (χ4n) is 5.38. The van der Waals surface area contributed by atoms with Gasteiger partial charge in [-0.3, -0.25) is 10.2 Å². The average Bonchev–Trinajstić information content (AvgIpc) is 3.20. The second kappa shape index (κ2) is 12.8. The number of ketones is 1. The van der Waals surface area contributed by atoms with Crippen molar-refractivity contribution in [3.05, 3.63) is 46.3 Å². The average molecular weight is 623 g/mol. The highest BCUT2D eigenvalue weighted by Crippen LogP contribution is 2.42. The van der Waals surface area contributed by atoms with Crippen molar-refractivity contribution in [3.8, 4) is 17.2 Å². The van der Waals surface area contributed by atoms with Gasteiger partial charge in [0.1, 0.15) is 17.8 Å². The van der Waals surface area contributed by atoms with Crippen molar-refractivity contribution in [1.29, 1.82) is 5.41 Å². The molecule has 220 valence electrons. The van der Waals surface area contributed by atoms with Gasteiger partial charge in [0.2, 0.25) is 0 Å². The molecule has 1 unspecified atom stereocenters. The number of amidine groups is 1. The number of benzene rings is 2. The Morgan fingerprint density at radius 3 is 2.42 bits per heavy atom. The number of aliphatic hydroxyl groups excluding tert-OH is 1. The zero-order chi connectivity index (χ0) is 28.5. The molecule has 1 atom stereocenters. The molecule has 0 aliphatic carbocycles. The molecule has 0 radical (unpaired) electrons. The van der Waals surface area contributed by atoms with Crippen LogP contribution in [-0.2, 0) is 12.0 Å². The lowest BCUT2D eigenvalue weighted by molar-refractivity contribution is 0.0962. The Balaban J connectivity index is 0.00000441. The molecule has 2 aliphatic heterocycles. The maximum atomic E-state index is 15.5. The number of nitrogens with zero attached hydrogens (tertiary/aromatic N) is 2. The summed E-state index contributed by atoms with van der Waals surface area (Å²) in [5, 5.41) is 19.5. The van der Waals surface area contributed by atoms with Gasteiger partial charge >= 0.3 is 0 Å². The highest BCUT2D eigenvalue weighted by molar-refractivity contribution is 8.93. The van der Waals surface area contributed by atoms with Crippen LogP contribution < -0.4 is 19.1 Å². The number of nitrogens with one attached hydrogen (secondary N) is 1. The topological polar surface area (TPSA) is 95.3 Å². The summed E-state index contributed by atoms with van der Waals surface area (Å²) < 4.78 is 32.4. The highest BCUT2D eigenvalue weighted by Gasteiger charge is 2.34. The highest BCUT2D eigenvalue weighted by atomic mass is 79.9. The maximum Gasteiger partial charge on any atom is 0.197 e. The van der Waals surface area contributed by atoms with E-state index in [1.165, 1.54) is 0 Å². The first-order chi connectivity index (χ1) is 18.5. The van der Waals surface area contributed by atoms with Crippen LogP contribution in [0.2, 0.25) is 0 Å². The van der Waals surface area contributed by atoms with Gasteiger partial charge in [0.05, 0.1) is 38.1 Å². The summed E-state index contributed by atoms with van der Waals surface area (Å²) in [6.45, 7) is 11.1. The van der Waals surface area contributed by atoms with Gasteiger partial charge in [0, 0.05) is 24.2 Å². The number of hydrogen-bond acceptors (Lipinski definition) is 7. The minimum Gasteiger partial charge on any atom is -0.494 e. The standard InChI is InChI=1S/C30H40FN3O5.BrH/c1-7-38-23-15-19-16-33(29(32)25(19)26(31)28(23)39-8-2)17-22(35)18-13-20(30(3,4)5)27(37-6)21(14-18)34-12-10-9-11-24(34)36;/h13-15,24,32,36H,7-12,16-17H2,1-6H3;1H. The molecule has 2 aromatic carbocycles. The molecular weight excluding hydrogens is 581 g/mol. The smallest absolute Gasteiger partial charge is 0.197 e. The van der Waals surface area contributed by atoms with Crippen molar-refractivity contribution in [1.82, 2.24) is 4.90 Å². The van der Waals surface area contributed by atoms with Crippen molar-refractivity contribution in [2.24, 2.45) is 0 Å². The maximum absolute atomic E-state index is 15.5. The zero-order valence-electron chi connectivity index (χ0n) is 24.2. The van der Waals surface area contributed by atoms with E-state index in [2.05, 4.69) is 20.8 Å². The Kier molecular flexibility index (Phi) is 10.1. The first-order valence-corrected chi connectivity index (χ1v) is 13.7. The first-order valence-electron chi connectivity index (χ1n) is 13.7. The van der Waals surface area contributed by atoms with Gasteiger partial charge in [0.25, 0.3) is 0 Å². The second-order valence-electron chi connectivity index (χ2n) is 11.0. The van der Waals surface area contributed by atoms with Gasteiger partial charge in [-0.05, 0) is 62.3 Å². The molecule has 4 rings (SSSR count). The minimum absolute atomic E-state index is 0. The Labute approximate surface area is 246 Å². The summed E-state index contributed by atoms with van der Waals surface area (Å²) in [5.74, 6) is 0.0333. The van der Waals surface area contributed by atoms with Gasteiger partial charge in [-0.25, -0.2) is 4.39 Å². The quantitative estimate of drug-likeness (QED) is 0.340. The molecule has 2 aliphatic rings. The van der Waals surface area contributed by atoms with Crippen molar-refractivity contribution < 1.29 is 28.5 Å². The van der Waals surface area contributed by atoms with Crippen LogP contribution in [-0.4, -0.2) is 61.3 Å². The van der Waals surface area contributed by atoms with E-state index in [4.69, 9.17) is 19.6 Å². The number of carbonyl (C=O) groups is 1. The van der Waals surface area contributed by atoms with E-state index in [9.17, 15) is 9.90 Å². The molecule has 40 heavy (non-hydrogen) atoms. The van der Waals surface area contributed by atoms with Crippen LogP contribution in [0.25, 0.3) is 0 Å². The summed E-state index contributed by atoms with van der Waals surface area (Å²) in [7, 11) is 1.61. The number of hydrogen-bond donors (Lipinski definition) is 2. The molecule has 2 aromatic rings. The molecule has 2 N–H and O–H groups in total. The molecular formula is C30H41BrFN3O5. The van der Waals surface area contributed by atoms with E-state index in [0.29, 0.717) is 47.9 Å². The van der Waals surface area contributed by atoms with E-state index in [1.54, 1.807) is 31.1 Å². The summed E-state index contributed by atoms with van der Waals surface area (Å²) in [4.78, 5) is 17.2. The molecule has 0 aromatic heterocycles. The number of piperidine rings is 1. The molecule has 0 amide bonds. The molecule has 2 heterocycles. The van der Waals surface area contributed by atoms with Gasteiger partial charge in [-0.1, -0.05) is 20.8 Å². The van der Waals surface area contributed by atoms with Crippen molar-refractivity contribution in [2.75, 3.05) is 38.3 Å². The number of methoxy groups -OCH3 is 1. The van der Waals surface area contributed by atoms with E-state index >= 15 is 4.39 Å². The Bertz CT molecular complexity index is 1260. The third-order valence-corrected chi connectivity index (χ3v) is 7.29. The predicted octanol–water partition coefficient (Wildman–Crippen LogP) is 5.84. The number of Topliss-reactive ketones (excluding diaryl/α,β-unsaturated/α-hetero) is 1. The first kappa shape index (κ1) is 31.7. The Morgan fingerprint density at radius 2 is 1.82 bits per heavy atom. The number of carbonyl (C=O) groups excluding carboxylic acids is 1. The molecule has 0 spiro atoms. The lowest BCUT2D eigenvalue weighted by atomic mass is 9.84. The number of aliphatic hydroxyl groups is 1. The zero-order valence-corrected chi connectivity index (χ0v) is 25.9. The van der Waals surface area contributed by atoms with Crippen LogP contribution in [0, 0.1) is 11.2 Å². The fourth-order valence-corrected chi connectivity index (χ4v) is 5.38. The van der Waals surface area contributed by atoms with Crippen molar-refractivity contribution in [3.63, 3.8) is 0 Å². The normalized spacial score (nSPS) is 16.9. The molecule has 1 fully saturated rings. The SMILES string of the molecule is Br.CCOc1cc2c(c(F)c1OCC)C(=N)N(CC(=O)c1cc(N3CCCCC3O)c(OC)c(C(C)(C)C)c1)C2. The van der Waals surface area contributed by atoms with Crippen LogP contribution in [0.4, 0.5) is 10.1 Å². The number of anilines is 1. The number of rotatable bonds is 9. The number of halogens is 2. The van der Waals surface area contributed by atoms with Crippen LogP contribution >= 0.6 is 17.0 Å².